The molecule has 0 saturated heterocycles. The molecule has 20 heavy (non-hydrogen) atoms. The summed E-state index contributed by atoms with van der Waals surface area (Å²) in [6.45, 7) is 10.1. The van der Waals surface area contributed by atoms with E-state index in [1.165, 1.54) is 60.8 Å². The Hall–Kier alpha value is -0.820. The van der Waals surface area contributed by atoms with Gasteiger partial charge in [-0.05, 0) is 68.7 Å². The normalized spacial score (nSPS) is 18.8. The first-order valence-electron chi connectivity index (χ1n) is 8.38. The predicted molar refractivity (Wildman–Crippen MR) is 88.1 cm³/mol. The Kier molecular flexibility index (Phi) is 5.65. The first-order chi connectivity index (χ1) is 9.58. The molecule has 1 aromatic rings. The zero-order valence-electron chi connectivity index (χ0n) is 13.8. The lowest BCUT2D eigenvalue weighted by Crippen LogP contribution is -2.33. The van der Waals surface area contributed by atoms with Crippen LogP contribution < -0.4 is 5.32 Å². The van der Waals surface area contributed by atoms with Crippen LogP contribution in [0.15, 0.2) is 12.1 Å². The molecule has 1 aromatic carbocycles. The van der Waals surface area contributed by atoms with Crippen molar-refractivity contribution in [3.8, 4) is 0 Å². The smallest absolute Gasteiger partial charge is 0.0210 e. The molecular formula is C19H31N. The number of aryl methyl sites for hydroxylation is 3. The predicted octanol–water partition coefficient (Wildman–Crippen LogP) is 5.06. The van der Waals surface area contributed by atoms with Crippen molar-refractivity contribution in [3.05, 3.63) is 34.4 Å². The molecule has 1 nitrogen and oxygen atoms in total. The lowest BCUT2D eigenvalue weighted by Gasteiger charge is -2.24. The summed E-state index contributed by atoms with van der Waals surface area (Å²) in [6.07, 6.45) is 8.58. The molecule has 1 aliphatic rings. The van der Waals surface area contributed by atoms with Crippen molar-refractivity contribution in [1.82, 2.24) is 5.32 Å². The maximum absolute atomic E-state index is 3.78. The molecule has 1 aliphatic carbocycles. The molecule has 2 rings (SSSR count). The Morgan fingerprint density at radius 2 is 1.55 bits per heavy atom. The van der Waals surface area contributed by atoms with Crippen LogP contribution in [0.2, 0.25) is 0 Å². The molecule has 0 aliphatic heterocycles. The van der Waals surface area contributed by atoms with Crippen molar-refractivity contribution in [2.24, 2.45) is 5.92 Å². The van der Waals surface area contributed by atoms with Gasteiger partial charge in [0.2, 0.25) is 0 Å². The molecule has 0 aromatic heterocycles. The van der Waals surface area contributed by atoms with Crippen molar-refractivity contribution >= 4 is 0 Å². The third-order valence-electron chi connectivity index (χ3n) is 5.17. The van der Waals surface area contributed by atoms with E-state index in [0.717, 1.165) is 12.5 Å². The van der Waals surface area contributed by atoms with Gasteiger partial charge >= 0.3 is 0 Å². The van der Waals surface area contributed by atoms with E-state index in [9.17, 15) is 0 Å². The third-order valence-corrected chi connectivity index (χ3v) is 5.17. The van der Waals surface area contributed by atoms with Crippen molar-refractivity contribution in [2.75, 3.05) is 0 Å². The molecule has 0 bridgehead atoms. The first kappa shape index (κ1) is 15.6. The van der Waals surface area contributed by atoms with E-state index >= 15 is 0 Å². The molecule has 0 amide bonds. The monoisotopic (exact) mass is 273 g/mol. The maximum Gasteiger partial charge on any atom is 0.0210 e. The van der Waals surface area contributed by atoms with Gasteiger partial charge in [-0.1, -0.05) is 37.8 Å². The fraction of sp³-hybridized carbons (Fsp3) is 0.684. The van der Waals surface area contributed by atoms with Crippen LogP contribution in [0, 0.1) is 26.7 Å². The van der Waals surface area contributed by atoms with E-state index in [0.29, 0.717) is 6.04 Å². The highest BCUT2D eigenvalue weighted by Gasteiger charge is 2.18. The van der Waals surface area contributed by atoms with Crippen LogP contribution >= 0.6 is 0 Å². The molecule has 0 heterocycles. The molecule has 0 spiro atoms. The molecule has 0 radical (unpaired) electrons. The minimum atomic E-state index is 0.647. The van der Waals surface area contributed by atoms with Crippen LogP contribution in [-0.2, 0) is 6.54 Å². The molecular weight excluding hydrogens is 242 g/mol. The molecule has 1 saturated carbocycles. The molecule has 1 fully saturated rings. The van der Waals surface area contributed by atoms with Crippen LogP contribution in [-0.4, -0.2) is 6.04 Å². The van der Waals surface area contributed by atoms with Gasteiger partial charge in [0, 0.05) is 12.6 Å². The van der Waals surface area contributed by atoms with E-state index in [1.807, 2.05) is 0 Å². The number of benzene rings is 1. The second kappa shape index (κ2) is 7.26. The summed E-state index contributed by atoms with van der Waals surface area (Å²) in [7, 11) is 0. The summed E-state index contributed by atoms with van der Waals surface area (Å²) in [5.41, 5.74) is 5.71. The Labute approximate surface area is 125 Å². The lowest BCUT2D eigenvalue weighted by molar-refractivity contribution is 0.336. The Bertz CT molecular complexity index is 428. The van der Waals surface area contributed by atoms with Crippen LogP contribution in [0.25, 0.3) is 0 Å². The first-order valence-corrected chi connectivity index (χ1v) is 8.38. The van der Waals surface area contributed by atoms with Gasteiger partial charge in [-0.2, -0.15) is 0 Å². The van der Waals surface area contributed by atoms with Crippen LogP contribution in [0.3, 0.4) is 0 Å². The van der Waals surface area contributed by atoms with Gasteiger partial charge in [0.15, 0.2) is 0 Å². The minimum absolute atomic E-state index is 0.647. The average molecular weight is 273 g/mol. The SMILES string of the molecule is Cc1cc(C)c(CN[C@H](C)C2CCCCCC2)cc1C. The highest BCUT2D eigenvalue weighted by atomic mass is 14.9. The van der Waals surface area contributed by atoms with E-state index in [1.54, 1.807) is 0 Å². The summed E-state index contributed by atoms with van der Waals surface area (Å²) in [5, 5.41) is 3.78. The fourth-order valence-electron chi connectivity index (χ4n) is 3.46. The molecule has 1 atom stereocenters. The molecule has 1 heteroatoms. The Morgan fingerprint density at radius 3 is 2.20 bits per heavy atom. The summed E-state index contributed by atoms with van der Waals surface area (Å²) < 4.78 is 0. The van der Waals surface area contributed by atoms with Gasteiger partial charge in [0.05, 0.1) is 0 Å². The number of nitrogens with one attached hydrogen (secondary N) is 1. The third kappa shape index (κ3) is 4.09. The number of rotatable bonds is 4. The summed E-state index contributed by atoms with van der Waals surface area (Å²) in [6, 6.07) is 5.33. The van der Waals surface area contributed by atoms with E-state index < -0.39 is 0 Å². The summed E-state index contributed by atoms with van der Waals surface area (Å²) in [4.78, 5) is 0. The van der Waals surface area contributed by atoms with Gasteiger partial charge in [0.25, 0.3) is 0 Å². The van der Waals surface area contributed by atoms with Gasteiger partial charge < -0.3 is 5.32 Å². The standard InChI is InChI=1S/C19H31N/c1-14-11-16(3)19(12-15(14)2)13-20-17(4)18-9-7-5-6-8-10-18/h11-12,17-18,20H,5-10,13H2,1-4H3/t17-/m1/s1. The number of hydrogen-bond donors (Lipinski definition) is 1. The zero-order valence-corrected chi connectivity index (χ0v) is 13.8. The lowest BCUT2D eigenvalue weighted by atomic mass is 9.92. The van der Waals surface area contributed by atoms with Gasteiger partial charge in [-0.3, -0.25) is 0 Å². The average Bonchev–Trinajstić information content (AvgIpc) is 2.70. The number of hydrogen-bond acceptors (Lipinski definition) is 1. The largest absolute Gasteiger partial charge is 0.310 e. The van der Waals surface area contributed by atoms with Crippen molar-refractivity contribution in [2.45, 2.75) is 78.8 Å². The quantitative estimate of drug-likeness (QED) is 0.756. The van der Waals surface area contributed by atoms with Crippen molar-refractivity contribution in [1.29, 1.82) is 0 Å². The molecule has 112 valence electrons. The second-order valence-corrected chi connectivity index (χ2v) is 6.78. The van der Waals surface area contributed by atoms with E-state index in [4.69, 9.17) is 0 Å². The van der Waals surface area contributed by atoms with Gasteiger partial charge in [-0.15, -0.1) is 0 Å². The maximum atomic E-state index is 3.78. The van der Waals surface area contributed by atoms with E-state index in [-0.39, 0.29) is 0 Å². The molecule has 1 N–H and O–H groups in total. The van der Waals surface area contributed by atoms with Crippen molar-refractivity contribution < 1.29 is 0 Å². The van der Waals surface area contributed by atoms with Crippen LogP contribution in [0.1, 0.15) is 67.7 Å². The topological polar surface area (TPSA) is 12.0 Å². The summed E-state index contributed by atoms with van der Waals surface area (Å²) in [5.74, 6) is 0.879. The van der Waals surface area contributed by atoms with Gasteiger partial charge in [-0.25, -0.2) is 0 Å². The highest BCUT2D eigenvalue weighted by Crippen LogP contribution is 2.25. The molecule has 0 unspecified atom stereocenters. The van der Waals surface area contributed by atoms with E-state index in [2.05, 4.69) is 45.1 Å². The second-order valence-electron chi connectivity index (χ2n) is 6.78. The summed E-state index contributed by atoms with van der Waals surface area (Å²) >= 11 is 0. The minimum Gasteiger partial charge on any atom is -0.310 e. The fourth-order valence-corrected chi connectivity index (χ4v) is 3.46. The Morgan fingerprint density at radius 1 is 0.950 bits per heavy atom. The van der Waals surface area contributed by atoms with Crippen LogP contribution in [0.4, 0.5) is 0 Å². The highest BCUT2D eigenvalue weighted by molar-refractivity contribution is 5.36. The Balaban J connectivity index is 1.92. The zero-order chi connectivity index (χ0) is 14.5. The van der Waals surface area contributed by atoms with Crippen molar-refractivity contribution in [3.63, 3.8) is 0 Å². The van der Waals surface area contributed by atoms with Crippen LogP contribution in [0.5, 0.6) is 0 Å². The van der Waals surface area contributed by atoms with Gasteiger partial charge in [0.1, 0.15) is 0 Å².